The Bertz CT molecular complexity index is 1040. The molecule has 1 aliphatic rings. The average Bonchev–Trinajstić information content (AvgIpc) is 3.14. The summed E-state index contributed by atoms with van der Waals surface area (Å²) in [6.45, 7) is 5.28. The van der Waals surface area contributed by atoms with E-state index in [0.29, 0.717) is 42.4 Å². The lowest BCUT2D eigenvalue weighted by atomic mass is 10.1. The van der Waals surface area contributed by atoms with Crippen LogP contribution in [0.25, 0.3) is 11.5 Å². The lowest BCUT2D eigenvalue weighted by molar-refractivity contribution is 0.0626. The van der Waals surface area contributed by atoms with Crippen LogP contribution in [0.3, 0.4) is 0 Å². The van der Waals surface area contributed by atoms with Gasteiger partial charge < -0.3 is 14.1 Å². The molecule has 1 amide bonds. The molecule has 0 N–H and O–H groups in total. The highest BCUT2D eigenvalue weighted by Gasteiger charge is 2.24. The Labute approximate surface area is 174 Å². The molecule has 0 saturated carbocycles. The lowest BCUT2D eigenvalue weighted by Gasteiger charge is -2.34. The van der Waals surface area contributed by atoms with E-state index in [1.54, 1.807) is 25.3 Å². The van der Waals surface area contributed by atoms with Gasteiger partial charge in [-0.25, -0.2) is 9.37 Å². The van der Waals surface area contributed by atoms with E-state index in [9.17, 15) is 9.18 Å². The van der Waals surface area contributed by atoms with Crippen LogP contribution < -0.4 is 4.74 Å². The SMILES string of the molecule is COc1cccc(C(=O)N2CCN(Cc3nc(-c4cccc(F)c4)oc3C)CC2)c1. The number of hydrogen-bond acceptors (Lipinski definition) is 5. The van der Waals surface area contributed by atoms with Gasteiger partial charge >= 0.3 is 0 Å². The fourth-order valence-electron chi connectivity index (χ4n) is 3.58. The first-order valence-electron chi connectivity index (χ1n) is 9.91. The standard InChI is InChI=1S/C23H24FN3O3/c1-16-21(25-22(30-16)17-5-3-7-19(24)13-17)15-26-9-11-27(12-10-26)23(28)18-6-4-8-20(14-18)29-2/h3-8,13-14H,9-12,15H2,1-2H3. The van der Waals surface area contributed by atoms with Gasteiger partial charge in [-0.15, -0.1) is 0 Å². The zero-order valence-electron chi connectivity index (χ0n) is 17.1. The van der Waals surface area contributed by atoms with Gasteiger partial charge in [0.1, 0.15) is 17.3 Å². The zero-order chi connectivity index (χ0) is 21.1. The lowest BCUT2D eigenvalue weighted by Crippen LogP contribution is -2.48. The Morgan fingerprint density at radius 3 is 2.63 bits per heavy atom. The molecule has 1 aromatic heterocycles. The second-order valence-corrected chi connectivity index (χ2v) is 7.33. The van der Waals surface area contributed by atoms with Crippen LogP contribution in [0.2, 0.25) is 0 Å². The summed E-state index contributed by atoms with van der Waals surface area (Å²) in [5, 5.41) is 0. The van der Waals surface area contributed by atoms with E-state index in [-0.39, 0.29) is 11.7 Å². The number of benzene rings is 2. The van der Waals surface area contributed by atoms with Crippen molar-refractivity contribution in [2.75, 3.05) is 33.3 Å². The van der Waals surface area contributed by atoms with Crippen molar-refractivity contribution < 1.29 is 18.3 Å². The Balaban J connectivity index is 1.37. The van der Waals surface area contributed by atoms with Gasteiger partial charge in [0.2, 0.25) is 5.89 Å². The van der Waals surface area contributed by atoms with Gasteiger partial charge in [0.05, 0.1) is 12.8 Å². The highest BCUT2D eigenvalue weighted by Crippen LogP contribution is 2.24. The van der Waals surface area contributed by atoms with Gasteiger partial charge in [0.15, 0.2) is 0 Å². The molecule has 30 heavy (non-hydrogen) atoms. The van der Waals surface area contributed by atoms with Crippen molar-refractivity contribution in [1.82, 2.24) is 14.8 Å². The van der Waals surface area contributed by atoms with Crippen molar-refractivity contribution in [3.8, 4) is 17.2 Å². The molecule has 1 saturated heterocycles. The predicted molar refractivity (Wildman–Crippen MR) is 111 cm³/mol. The maximum absolute atomic E-state index is 13.5. The van der Waals surface area contributed by atoms with Crippen LogP contribution in [0.1, 0.15) is 21.8 Å². The molecule has 4 rings (SSSR count). The molecule has 0 atom stereocenters. The van der Waals surface area contributed by atoms with E-state index in [0.717, 1.165) is 24.5 Å². The van der Waals surface area contributed by atoms with Crippen molar-refractivity contribution in [1.29, 1.82) is 0 Å². The zero-order valence-corrected chi connectivity index (χ0v) is 17.1. The van der Waals surface area contributed by atoms with E-state index in [4.69, 9.17) is 9.15 Å². The number of rotatable bonds is 5. The first kappa shape index (κ1) is 20.1. The minimum absolute atomic E-state index is 0.0135. The van der Waals surface area contributed by atoms with Gasteiger partial charge in [-0.2, -0.15) is 0 Å². The number of carbonyl (C=O) groups excluding carboxylic acids is 1. The third-order valence-electron chi connectivity index (χ3n) is 5.31. The average molecular weight is 409 g/mol. The van der Waals surface area contributed by atoms with E-state index >= 15 is 0 Å². The molecule has 1 aliphatic heterocycles. The van der Waals surface area contributed by atoms with E-state index in [1.807, 2.05) is 30.0 Å². The van der Waals surface area contributed by atoms with Crippen molar-refractivity contribution in [3.63, 3.8) is 0 Å². The number of carbonyl (C=O) groups is 1. The molecule has 156 valence electrons. The highest BCUT2D eigenvalue weighted by molar-refractivity contribution is 5.94. The van der Waals surface area contributed by atoms with Crippen LogP contribution in [-0.2, 0) is 6.54 Å². The number of ether oxygens (including phenoxy) is 1. The van der Waals surface area contributed by atoms with Crippen molar-refractivity contribution in [3.05, 3.63) is 71.4 Å². The van der Waals surface area contributed by atoms with Crippen molar-refractivity contribution in [2.45, 2.75) is 13.5 Å². The highest BCUT2D eigenvalue weighted by atomic mass is 19.1. The minimum atomic E-state index is -0.318. The van der Waals surface area contributed by atoms with Gasteiger partial charge in [-0.3, -0.25) is 9.69 Å². The number of piperazine rings is 1. The second-order valence-electron chi connectivity index (χ2n) is 7.33. The largest absolute Gasteiger partial charge is 0.497 e. The molecule has 6 nitrogen and oxygen atoms in total. The van der Waals surface area contributed by atoms with Crippen molar-refractivity contribution in [2.24, 2.45) is 0 Å². The van der Waals surface area contributed by atoms with E-state index in [2.05, 4.69) is 9.88 Å². The Morgan fingerprint density at radius 1 is 1.13 bits per heavy atom. The summed E-state index contributed by atoms with van der Waals surface area (Å²) in [7, 11) is 1.59. The second kappa shape index (κ2) is 8.67. The van der Waals surface area contributed by atoms with Crippen LogP contribution in [0.15, 0.2) is 52.9 Å². The molecule has 7 heteroatoms. The fourth-order valence-corrected chi connectivity index (χ4v) is 3.58. The maximum Gasteiger partial charge on any atom is 0.254 e. The van der Waals surface area contributed by atoms with Crippen LogP contribution >= 0.6 is 0 Å². The van der Waals surface area contributed by atoms with E-state index < -0.39 is 0 Å². The smallest absolute Gasteiger partial charge is 0.254 e. The van der Waals surface area contributed by atoms with Gasteiger partial charge in [0.25, 0.3) is 5.91 Å². The maximum atomic E-state index is 13.5. The van der Waals surface area contributed by atoms with E-state index in [1.165, 1.54) is 12.1 Å². The molecular formula is C23H24FN3O3. The van der Waals surface area contributed by atoms with Crippen molar-refractivity contribution >= 4 is 5.91 Å². The molecule has 2 aromatic carbocycles. The summed E-state index contributed by atoms with van der Waals surface area (Å²) in [5.41, 5.74) is 2.09. The number of methoxy groups -OCH3 is 1. The number of halogens is 1. The van der Waals surface area contributed by atoms with Gasteiger partial charge in [0, 0.05) is 43.9 Å². The third kappa shape index (κ3) is 4.36. The Morgan fingerprint density at radius 2 is 1.90 bits per heavy atom. The number of oxazole rings is 1. The molecule has 2 heterocycles. The van der Waals surface area contributed by atoms with Crippen LogP contribution in [0.5, 0.6) is 5.75 Å². The quantitative estimate of drug-likeness (QED) is 0.642. The molecule has 0 radical (unpaired) electrons. The molecule has 0 spiro atoms. The summed E-state index contributed by atoms with van der Waals surface area (Å²) in [6, 6.07) is 13.5. The molecular weight excluding hydrogens is 385 g/mol. The molecule has 0 unspecified atom stereocenters. The first-order chi connectivity index (χ1) is 14.5. The normalized spacial score (nSPS) is 14.7. The molecule has 3 aromatic rings. The van der Waals surface area contributed by atoms with Crippen LogP contribution in [0.4, 0.5) is 4.39 Å². The number of amides is 1. The molecule has 0 bridgehead atoms. The summed E-state index contributed by atoms with van der Waals surface area (Å²) < 4.78 is 24.5. The first-order valence-corrected chi connectivity index (χ1v) is 9.91. The Kier molecular flexibility index (Phi) is 5.81. The number of aromatic nitrogens is 1. The summed E-state index contributed by atoms with van der Waals surface area (Å²) in [6.07, 6.45) is 0. The molecule has 1 fully saturated rings. The number of aryl methyl sites for hydroxylation is 1. The van der Waals surface area contributed by atoms with Gasteiger partial charge in [-0.05, 0) is 43.3 Å². The topological polar surface area (TPSA) is 58.8 Å². The summed E-state index contributed by atoms with van der Waals surface area (Å²) in [5.74, 6) is 1.52. The number of nitrogens with zero attached hydrogens (tertiary/aromatic N) is 3. The summed E-state index contributed by atoms with van der Waals surface area (Å²) in [4.78, 5) is 21.4. The van der Waals surface area contributed by atoms with Crippen LogP contribution in [-0.4, -0.2) is 54.0 Å². The van der Waals surface area contributed by atoms with Gasteiger partial charge in [-0.1, -0.05) is 12.1 Å². The fraction of sp³-hybridized carbons (Fsp3) is 0.304. The Hall–Kier alpha value is -3.19. The minimum Gasteiger partial charge on any atom is -0.497 e. The molecule has 0 aliphatic carbocycles. The number of hydrogen-bond donors (Lipinski definition) is 0. The monoisotopic (exact) mass is 409 g/mol. The third-order valence-corrected chi connectivity index (χ3v) is 5.31. The summed E-state index contributed by atoms with van der Waals surface area (Å²) >= 11 is 0. The predicted octanol–water partition coefficient (Wildman–Crippen LogP) is 3.76. The van der Waals surface area contributed by atoms with Crippen LogP contribution in [0, 0.1) is 12.7 Å².